The predicted molar refractivity (Wildman–Crippen MR) is 128 cm³/mol. The number of hydrogen-bond donors (Lipinski definition) is 4. The lowest BCUT2D eigenvalue weighted by atomic mass is 10.1. The van der Waals surface area contributed by atoms with Crippen molar-refractivity contribution in [1.29, 1.82) is 0 Å². The van der Waals surface area contributed by atoms with Crippen molar-refractivity contribution in [3.63, 3.8) is 0 Å². The van der Waals surface area contributed by atoms with E-state index in [0.29, 0.717) is 11.8 Å². The third kappa shape index (κ3) is 6.40. The zero-order chi connectivity index (χ0) is 22.2. The maximum atomic E-state index is 9.27. The Morgan fingerprint density at radius 1 is 1.13 bits per heavy atom. The van der Waals surface area contributed by atoms with Crippen molar-refractivity contribution in [2.75, 3.05) is 24.4 Å². The topological polar surface area (TPSA) is 91.3 Å². The van der Waals surface area contributed by atoms with Crippen LogP contribution in [0.25, 0.3) is 0 Å². The summed E-state index contributed by atoms with van der Waals surface area (Å²) < 4.78 is 6.16. The molecule has 1 atom stereocenters. The standard InChI is InChI=1S/C23H28BrN5O2/c1-15-8-9-19(28-23-26-13-20(24)22(29-23)27-16(2)14-30)10-18(15)12-25-11-17-6-4-5-7-21(17)31-3/h4-10,13,16,25,30H,11-12,14H2,1-3H3,(H2,26,27,28,29). The van der Waals surface area contributed by atoms with Gasteiger partial charge in [-0.05, 0) is 59.1 Å². The van der Waals surface area contributed by atoms with E-state index in [0.717, 1.165) is 34.6 Å². The maximum Gasteiger partial charge on any atom is 0.229 e. The van der Waals surface area contributed by atoms with Gasteiger partial charge in [-0.15, -0.1) is 0 Å². The summed E-state index contributed by atoms with van der Waals surface area (Å²) in [5.41, 5.74) is 4.42. The zero-order valence-corrected chi connectivity index (χ0v) is 19.5. The molecule has 0 radical (unpaired) electrons. The van der Waals surface area contributed by atoms with E-state index in [4.69, 9.17) is 4.74 Å². The van der Waals surface area contributed by atoms with Gasteiger partial charge in [0.25, 0.3) is 0 Å². The highest BCUT2D eigenvalue weighted by Crippen LogP contribution is 2.24. The molecule has 164 valence electrons. The van der Waals surface area contributed by atoms with E-state index in [1.165, 1.54) is 11.1 Å². The minimum Gasteiger partial charge on any atom is -0.496 e. The Morgan fingerprint density at radius 2 is 1.90 bits per heavy atom. The summed E-state index contributed by atoms with van der Waals surface area (Å²) in [6.07, 6.45) is 1.69. The van der Waals surface area contributed by atoms with Gasteiger partial charge in [0.15, 0.2) is 0 Å². The number of para-hydroxylation sites is 1. The minimum atomic E-state index is -0.112. The highest BCUT2D eigenvalue weighted by molar-refractivity contribution is 9.10. The number of aliphatic hydroxyl groups is 1. The lowest BCUT2D eigenvalue weighted by Gasteiger charge is -2.15. The Morgan fingerprint density at radius 3 is 2.68 bits per heavy atom. The first-order chi connectivity index (χ1) is 15.0. The predicted octanol–water partition coefficient (Wildman–Crippen LogP) is 4.38. The first-order valence-corrected chi connectivity index (χ1v) is 10.9. The van der Waals surface area contributed by atoms with Crippen LogP contribution in [-0.2, 0) is 13.1 Å². The molecule has 31 heavy (non-hydrogen) atoms. The Balaban J connectivity index is 1.67. The number of aliphatic hydroxyl groups excluding tert-OH is 1. The summed E-state index contributed by atoms with van der Waals surface area (Å²) in [4.78, 5) is 8.85. The second kappa shape index (κ2) is 11.1. The fourth-order valence-corrected chi connectivity index (χ4v) is 3.36. The number of ether oxygens (including phenoxy) is 1. The SMILES string of the molecule is COc1ccccc1CNCc1cc(Nc2ncc(Br)c(NC(C)CO)n2)ccc1C. The Kier molecular flexibility index (Phi) is 8.22. The third-order valence-electron chi connectivity index (χ3n) is 4.83. The number of benzene rings is 2. The molecule has 0 aliphatic carbocycles. The van der Waals surface area contributed by atoms with E-state index < -0.39 is 0 Å². The summed E-state index contributed by atoms with van der Waals surface area (Å²) in [6, 6.07) is 14.1. The lowest BCUT2D eigenvalue weighted by molar-refractivity contribution is 0.281. The van der Waals surface area contributed by atoms with Crippen molar-refractivity contribution in [1.82, 2.24) is 15.3 Å². The largest absolute Gasteiger partial charge is 0.496 e. The number of aromatic nitrogens is 2. The van der Waals surface area contributed by atoms with E-state index in [1.807, 2.05) is 31.2 Å². The molecule has 0 fully saturated rings. The van der Waals surface area contributed by atoms with Crippen LogP contribution in [0.15, 0.2) is 53.1 Å². The Hall–Kier alpha value is -2.68. The third-order valence-corrected chi connectivity index (χ3v) is 5.41. The van der Waals surface area contributed by atoms with Gasteiger partial charge in [0.2, 0.25) is 5.95 Å². The monoisotopic (exact) mass is 485 g/mol. The van der Waals surface area contributed by atoms with Crippen LogP contribution >= 0.6 is 15.9 Å². The molecule has 0 amide bonds. The van der Waals surface area contributed by atoms with Crippen molar-refractivity contribution < 1.29 is 9.84 Å². The van der Waals surface area contributed by atoms with E-state index in [1.54, 1.807) is 13.3 Å². The van der Waals surface area contributed by atoms with E-state index in [-0.39, 0.29) is 12.6 Å². The molecule has 1 unspecified atom stereocenters. The van der Waals surface area contributed by atoms with Gasteiger partial charge >= 0.3 is 0 Å². The molecule has 0 spiro atoms. The van der Waals surface area contributed by atoms with Crippen LogP contribution in [0, 0.1) is 6.92 Å². The molecule has 8 heteroatoms. The quantitative estimate of drug-likeness (QED) is 0.338. The molecular formula is C23H28BrN5O2. The maximum absolute atomic E-state index is 9.27. The molecule has 0 saturated heterocycles. The highest BCUT2D eigenvalue weighted by Gasteiger charge is 2.09. The van der Waals surface area contributed by atoms with E-state index in [2.05, 4.69) is 67.0 Å². The smallest absolute Gasteiger partial charge is 0.229 e. The molecule has 0 saturated carbocycles. The molecule has 4 N–H and O–H groups in total. The number of hydrogen-bond acceptors (Lipinski definition) is 7. The van der Waals surface area contributed by atoms with Crippen LogP contribution in [0.5, 0.6) is 5.75 Å². The highest BCUT2D eigenvalue weighted by atomic mass is 79.9. The van der Waals surface area contributed by atoms with Crippen molar-refractivity contribution >= 4 is 33.4 Å². The molecule has 7 nitrogen and oxygen atoms in total. The van der Waals surface area contributed by atoms with E-state index >= 15 is 0 Å². The van der Waals surface area contributed by atoms with Gasteiger partial charge in [0, 0.05) is 36.6 Å². The first-order valence-electron chi connectivity index (χ1n) is 10.1. The van der Waals surface area contributed by atoms with Crippen LogP contribution in [0.1, 0.15) is 23.6 Å². The van der Waals surface area contributed by atoms with Crippen LogP contribution < -0.4 is 20.7 Å². The van der Waals surface area contributed by atoms with Gasteiger partial charge in [0.1, 0.15) is 11.6 Å². The molecule has 2 aromatic carbocycles. The fourth-order valence-electron chi connectivity index (χ4n) is 3.06. The van der Waals surface area contributed by atoms with Gasteiger partial charge < -0.3 is 25.8 Å². The van der Waals surface area contributed by atoms with Crippen molar-refractivity contribution in [2.45, 2.75) is 33.0 Å². The summed E-state index contributed by atoms with van der Waals surface area (Å²) >= 11 is 3.44. The fraction of sp³-hybridized carbons (Fsp3) is 0.304. The molecule has 1 aromatic heterocycles. The number of nitrogens with one attached hydrogen (secondary N) is 3. The van der Waals surface area contributed by atoms with Gasteiger partial charge in [-0.2, -0.15) is 4.98 Å². The molecule has 3 aromatic rings. The minimum absolute atomic E-state index is 0.0163. The summed E-state index contributed by atoms with van der Waals surface area (Å²) in [7, 11) is 1.69. The normalized spacial score (nSPS) is 11.8. The number of aryl methyl sites for hydroxylation is 1. The molecule has 0 aliphatic rings. The zero-order valence-electron chi connectivity index (χ0n) is 17.9. The average Bonchev–Trinajstić information content (AvgIpc) is 2.78. The van der Waals surface area contributed by atoms with Gasteiger partial charge in [-0.25, -0.2) is 4.98 Å². The molecule has 0 bridgehead atoms. The van der Waals surface area contributed by atoms with Gasteiger partial charge in [0.05, 0.1) is 18.2 Å². The molecule has 1 heterocycles. The Bertz CT molecular complexity index is 1020. The van der Waals surface area contributed by atoms with Crippen LogP contribution in [-0.4, -0.2) is 34.8 Å². The molecule has 3 rings (SSSR count). The molecular weight excluding hydrogens is 458 g/mol. The second-order valence-corrected chi connectivity index (χ2v) is 8.15. The molecule has 0 aliphatic heterocycles. The average molecular weight is 486 g/mol. The van der Waals surface area contributed by atoms with Gasteiger partial charge in [-0.3, -0.25) is 0 Å². The number of anilines is 3. The summed E-state index contributed by atoms with van der Waals surface area (Å²) in [6.45, 7) is 5.43. The van der Waals surface area contributed by atoms with Gasteiger partial charge in [-0.1, -0.05) is 24.3 Å². The van der Waals surface area contributed by atoms with E-state index in [9.17, 15) is 5.11 Å². The number of rotatable bonds is 10. The van der Waals surface area contributed by atoms with Crippen LogP contribution in [0.2, 0.25) is 0 Å². The Labute approximate surface area is 191 Å². The van der Waals surface area contributed by atoms with Crippen LogP contribution in [0.4, 0.5) is 17.5 Å². The number of nitrogens with zero attached hydrogens (tertiary/aromatic N) is 2. The van der Waals surface area contributed by atoms with Crippen molar-refractivity contribution in [3.8, 4) is 5.75 Å². The van der Waals surface area contributed by atoms with Crippen LogP contribution in [0.3, 0.4) is 0 Å². The van der Waals surface area contributed by atoms with Crippen molar-refractivity contribution in [2.24, 2.45) is 0 Å². The number of methoxy groups -OCH3 is 1. The lowest BCUT2D eigenvalue weighted by Crippen LogP contribution is -2.20. The summed E-state index contributed by atoms with van der Waals surface area (Å²) in [5, 5.41) is 19.2. The number of halogens is 1. The first kappa shape index (κ1) is 23.0. The summed E-state index contributed by atoms with van der Waals surface area (Å²) in [5.74, 6) is 1.99. The second-order valence-electron chi connectivity index (χ2n) is 7.30. The van der Waals surface area contributed by atoms with Crippen molar-refractivity contribution in [3.05, 3.63) is 69.8 Å².